The van der Waals surface area contributed by atoms with E-state index in [0.717, 1.165) is 11.9 Å². The predicted octanol–water partition coefficient (Wildman–Crippen LogP) is 2.92. The molecule has 21 heavy (non-hydrogen) atoms. The summed E-state index contributed by atoms with van der Waals surface area (Å²) in [6, 6.07) is 11.7. The van der Waals surface area contributed by atoms with Gasteiger partial charge in [-0.25, -0.2) is 0 Å². The van der Waals surface area contributed by atoms with Crippen LogP contribution in [-0.2, 0) is 6.42 Å². The molecule has 2 aromatic heterocycles. The fraction of sp³-hybridized carbons (Fsp3) is 0.176. The van der Waals surface area contributed by atoms with Crippen LogP contribution in [0.4, 0.5) is 0 Å². The van der Waals surface area contributed by atoms with Crippen molar-refractivity contribution >= 4 is 16.8 Å². The van der Waals surface area contributed by atoms with E-state index in [9.17, 15) is 4.79 Å². The monoisotopic (exact) mass is 279 g/mol. The van der Waals surface area contributed by atoms with Crippen molar-refractivity contribution in [2.45, 2.75) is 19.4 Å². The number of para-hydroxylation sites is 1. The molecule has 0 aliphatic carbocycles. The molecule has 3 rings (SSSR count). The highest BCUT2D eigenvalue weighted by atomic mass is 16.1. The molecule has 0 unspecified atom stereocenters. The van der Waals surface area contributed by atoms with Crippen molar-refractivity contribution in [2.24, 2.45) is 0 Å². The molecular weight excluding hydrogens is 262 g/mol. The molecule has 0 aliphatic heterocycles. The van der Waals surface area contributed by atoms with E-state index in [1.54, 1.807) is 24.5 Å². The Hall–Kier alpha value is -2.62. The smallest absolute Gasteiger partial charge is 0.251 e. The van der Waals surface area contributed by atoms with Gasteiger partial charge in [0, 0.05) is 41.1 Å². The quantitative estimate of drug-likeness (QED) is 0.771. The second-order valence-electron chi connectivity index (χ2n) is 5.17. The first-order valence-corrected chi connectivity index (χ1v) is 7.00. The van der Waals surface area contributed by atoms with Crippen molar-refractivity contribution in [2.75, 3.05) is 0 Å². The van der Waals surface area contributed by atoms with Crippen LogP contribution in [0.25, 0.3) is 10.9 Å². The molecule has 3 aromatic rings. The van der Waals surface area contributed by atoms with Crippen LogP contribution in [-0.4, -0.2) is 21.9 Å². The third kappa shape index (κ3) is 2.94. The van der Waals surface area contributed by atoms with Crippen LogP contribution in [0.15, 0.2) is 55.0 Å². The Bertz CT molecular complexity index is 749. The zero-order valence-corrected chi connectivity index (χ0v) is 11.8. The summed E-state index contributed by atoms with van der Waals surface area (Å²) in [5.41, 5.74) is 2.98. The van der Waals surface area contributed by atoms with Gasteiger partial charge in [-0.15, -0.1) is 0 Å². The number of hydrogen-bond acceptors (Lipinski definition) is 2. The van der Waals surface area contributed by atoms with Crippen LogP contribution in [0.1, 0.15) is 22.8 Å². The van der Waals surface area contributed by atoms with Gasteiger partial charge in [0.05, 0.1) is 0 Å². The summed E-state index contributed by atoms with van der Waals surface area (Å²) in [5.74, 6) is -0.0651. The third-order valence-corrected chi connectivity index (χ3v) is 3.52. The van der Waals surface area contributed by atoms with Crippen molar-refractivity contribution in [3.05, 3.63) is 66.1 Å². The zero-order valence-electron chi connectivity index (χ0n) is 11.8. The summed E-state index contributed by atoms with van der Waals surface area (Å²) in [6.07, 6.45) is 6.05. The Kier molecular flexibility index (Phi) is 3.69. The number of carbonyl (C=O) groups excluding carboxylic acids is 1. The van der Waals surface area contributed by atoms with Crippen molar-refractivity contribution in [1.29, 1.82) is 0 Å². The predicted molar refractivity (Wildman–Crippen MR) is 83.2 cm³/mol. The molecule has 2 heterocycles. The molecule has 1 amide bonds. The Morgan fingerprint density at radius 2 is 2.00 bits per heavy atom. The largest absolute Gasteiger partial charge is 0.361 e. The van der Waals surface area contributed by atoms with Gasteiger partial charge >= 0.3 is 0 Å². The molecule has 4 heteroatoms. The van der Waals surface area contributed by atoms with Gasteiger partial charge in [-0.05, 0) is 37.1 Å². The average molecular weight is 279 g/mol. The van der Waals surface area contributed by atoms with Gasteiger partial charge in [0.25, 0.3) is 5.91 Å². The topological polar surface area (TPSA) is 57.8 Å². The number of pyridine rings is 1. The van der Waals surface area contributed by atoms with Crippen LogP contribution in [0, 0.1) is 0 Å². The van der Waals surface area contributed by atoms with Crippen LogP contribution >= 0.6 is 0 Å². The molecule has 0 spiro atoms. The summed E-state index contributed by atoms with van der Waals surface area (Å²) in [4.78, 5) is 19.3. The number of amides is 1. The summed E-state index contributed by atoms with van der Waals surface area (Å²) < 4.78 is 0. The van der Waals surface area contributed by atoms with Crippen molar-refractivity contribution < 1.29 is 4.79 Å². The second-order valence-corrected chi connectivity index (χ2v) is 5.17. The highest BCUT2D eigenvalue weighted by molar-refractivity contribution is 5.94. The number of benzene rings is 1. The van der Waals surface area contributed by atoms with E-state index in [-0.39, 0.29) is 11.9 Å². The number of H-pyrrole nitrogens is 1. The molecule has 2 N–H and O–H groups in total. The standard InChI is InChI=1S/C17H17N3O/c1-12(20-17(21)13-6-8-18-9-7-13)10-14-11-19-16-5-3-2-4-15(14)16/h2-9,11-12,19H,10H2,1H3,(H,20,21)/t12-/m1/s1. The number of fused-ring (bicyclic) bond motifs is 1. The van der Waals surface area contributed by atoms with E-state index in [4.69, 9.17) is 0 Å². The first kappa shape index (κ1) is 13.4. The van der Waals surface area contributed by atoms with Gasteiger partial charge < -0.3 is 10.3 Å². The van der Waals surface area contributed by atoms with Gasteiger partial charge in [0.2, 0.25) is 0 Å². The highest BCUT2D eigenvalue weighted by Gasteiger charge is 2.12. The Labute approximate surface area is 123 Å². The summed E-state index contributed by atoms with van der Waals surface area (Å²) in [5, 5.41) is 4.23. The number of rotatable bonds is 4. The maximum absolute atomic E-state index is 12.1. The minimum absolute atomic E-state index is 0.0601. The second kappa shape index (κ2) is 5.79. The summed E-state index contributed by atoms with van der Waals surface area (Å²) >= 11 is 0. The van der Waals surface area contributed by atoms with Crippen LogP contribution < -0.4 is 5.32 Å². The van der Waals surface area contributed by atoms with Crippen LogP contribution in [0.2, 0.25) is 0 Å². The van der Waals surface area contributed by atoms with Crippen LogP contribution in [0.3, 0.4) is 0 Å². The van der Waals surface area contributed by atoms with E-state index >= 15 is 0 Å². The molecule has 0 saturated heterocycles. The Morgan fingerprint density at radius 1 is 1.24 bits per heavy atom. The maximum atomic E-state index is 12.1. The number of hydrogen-bond donors (Lipinski definition) is 2. The summed E-state index contributed by atoms with van der Waals surface area (Å²) in [6.45, 7) is 2.01. The number of aromatic nitrogens is 2. The van der Waals surface area contributed by atoms with Crippen molar-refractivity contribution in [1.82, 2.24) is 15.3 Å². The van der Waals surface area contributed by atoms with Crippen molar-refractivity contribution in [3.8, 4) is 0 Å². The molecule has 1 aromatic carbocycles. The first-order valence-electron chi connectivity index (χ1n) is 7.00. The molecule has 0 saturated carbocycles. The van der Waals surface area contributed by atoms with Gasteiger partial charge in [-0.1, -0.05) is 18.2 Å². The van der Waals surface area contributed by atoms with Gasteiger partial charge in [-0.3, -0.25) is 9.78 Å². The summed E-state index contributed by atoms with van der Waals surface area (Å²) in [7, 11) is 0. The number of carbonyl (C=O) groups is 1. The Morgan fingerprint density at radius 3 is 2.81 bits per heavy atom. The molecule has 0 bridgehead atoms. The van der Waals surface area contributed by atoms with E-state index in [1.807, 2.05) is 25.3 Å². The van der Waals surface area contributed by atoms with Gasteiger partial charge in [0.1, 0.15) is 0 Å². The van der Waals surface area contributed by atoms with E-state index in [1.165, 1.54) is 10.9 Å². The molecule has 1 atom stereocenters. The van der Waals surface area contributed by atoms with E-state index in [2.05, 4.69) is 27.4 Å². The number of nitrogens with zero attached hydrogens (tertiary/aromatic N) is 1. The third-order valence-electron chi connectivity index (χ3n) is 3.52. The van der Waals surface area contributed by atoms with Gasteiger partial charge in [0.15, 0.2) is 0 Å². The first-order chi connectivity index (χ1) is 10.2. The lowest BCUT2D eigenvalue weighted by Crippen LogP contribution is -2.34. The molecular formula is C17H17N3O. The average Bonchev–Trinajstić information content (AvgIpc) is 2.91. The molecule has 0 aliphatic rings. The highest BCUT2D eigenvalue weighted by Crippen LogP contribution is 2.19. The fourth-order valence-electron chi connectivity index (χ4n) is 2.49. The zero-order chi connectivity index (χ0) is 14.7. The lowest BCUT2D eigenvalue weighted by molar-refractivity contribution is 0.0940. The number of nitrogens with one attached hydrogen (secondary N) is 2. The lowest BCUT2D eigenvalue weighted by Gasteiger charge is -2.13. The minimum atomic E-state index is -0.0651. The van der Waals surface area contributed by atoms with E-state index in [0.29, 0.717) is 5.56 Å². The molecule has 0 radical (unpaired) electrons. The van der Waals surface area contributed by atoms with Gasteiger partial charge in [-0.2, -0.15) is 0 Å². The normalized spacial score (nSPS) is 12.2. The minimum Gasteiger partial charge on any atom is -0.361 e. The van der Waals surface area contributed by atoms with E-state index < -0.39 is 0 Å². The van der Waals surface area contributed by atoms with Crippen molar-refractivity contribution in [3.63, 3.8) is 0 Å². The maximum Gasteiger partial charge on any atom is 0.251 e. The number of aromatic amines is 1. The molecule has 0 fully saturated rings. The van der Waals surface area contributed by atoms with Crippen LogP contribution in [0.5, 0.6) is 0 Å². The SMILES string of the molecule is C[C@H](Cc1c[nH]c2ccccc12)NC(=O)c1ccncc1. The fourth-order valence-corrected chi connectivity index (χ4v) is 2.49. The molecule has 4 nitrogen and oxygen atoms in total. The molecule has 106 valence electrons. The lowest BCUT2D eigenvalue weighted by atomic mass is 10.1. The Balaban J connectivity index is 1.69.